The van der Waals surface area contributed by atoms with Gasteiger partial charge in [-0.1, -0.05) is 18.2 Å². The van der Waals surface area contributed by atoms with Gasteiger partial charge in [-0.25, -0.2) is 4.98 Å². The average molecular weight is 394 g/mol. The number of rotatable bonds is 4. The Hall–Kier alpha value is -2.90. The van der Waals surface area contributed by atoms with Gasteiger partial charge in [0.25, 0.3) is 5.91 Å². The zero-order chi connectivity index (χ0) is 18.2. The summed E-state index contributed by atoms with van der Waals surface area (Å²) in [7, 11) is 0. The van der Waals surface area contributed by atoms with Gasteiger partial charge >= 0.3 is 0 Å². The number of aromatic nitrogens is 1. The number of fused-ring (bicyclic) bond motifs is 2. The number of ether oxygens (including phenoxy) is 2. The number of para-hydroxylation sites is 1. The maximum Gasteiger partial charge on any atom is 0.261 e. The molecule has 0 unspecified atom stereocenters. The molecule has 0 saturated carbocycles. The number of hydrogen-bond acceptors (Lipinski definition) is 6. The van der Waals surface area contributed by atoms with Gasteiger partial charge in [-0.3, -0.25) is 4.79 Å². The lowest BCUT2D eigenvalue weighted by atomic mass is 10.2. The van der Waals surface area contributed by atoms with E-state index >= 15 is 0 Å². The molecule has 0 aliphatic carbocycles. The maximum atomic E-state index is 12.5. The molecular weight excluding hydrogens is 380 g/mol. The normalized spacial score (nSPS) is 12.4. The third kappa shape index (κ3) is 3.15. The van der Waals surface area contributed by atoms with Gasteiger partial charge in [0.05, 0.1) is 20.0 Å². The van der Waals surface area contributed by atoms with Crippen LogP contribution in [-0.2, 0) is 6.54 Å². The van der Waals surface area contributed by atoms with Gasteiger partial charge in [-0.15, -0.1) is 22.7 Å². The van der Waals surface area contributed by atoms with E-state index < -0.39 is 0 Å². The number of thiophene rings is 1. The van der Waals surface area contributed by atoms with Gasteiger partial charge in [0.2, 0.25) is 6.79 Å². The van der Waals surface area contributed by atoms with Crippen LogP contribution in [0.5, 0.6) is 11.5 Å². The Balaban J connectivity index is 1.29. The van der Waals surface area contributed by atoms with E-state index in [4.69, 9.17) is 9.47 Å². The van der Waals surface area contributed by atoms with Crippen LogP contribution in [0, 0.1) is 0 Å². The molecule has 7 heteroatoms. The molecule has 3 heterocycles. The molecule has 0 spiro atoms. The van der Waals surface area contributed by atoms with E-state index in [9.17, 15) is 4.79 Å². The van der Waals surface area contributed by atoms with Crippen molar-refractivity contribution in [2.75, 3.05) is 6.79 Å². The standard InChI is InChI=1S/C20H14N2O3S2/c23-19(21-10-12-5-6-14-15(9-12)25-11-24-14)17-7-8-18(26-17)20-22-13-3-1-2-4-16(13)27-20/h1-9H,10-11H2,(H,21,23). The number of carbonyl (C=O) groups excluding carboxylic acids is 1. The lowest BCUT2D eigenvalue weighted by Gasteiger charge is -2.05. The minimum Gasteiger partial charge on any atom is -0.454 e. The SMILES string of the molecule is O=C(NCc1ccc2c(c1)OCO2)c1ccc(-c2nc3ccccc3s2)s1. The maximum absolute atomic E-state index is 12.5. The van der Waals surface area contributed by atoms with Gasteiger partial charge < -0.3 is 14.8 Å². The van der Waals surface area contributed by atoms with E-state index in [0.29, 0.717) is 11.4 Å². The highest BCUT2D eigenvalue weighted by Gasteiger charge is 2.15. The van der Waals surface area contributed by atoms with E-state index in [-0.39, 0.29) is 12.7 Å². The van der Waals surface area contributed by atoms with Crippen molar-refractivity contribution in [2.45, 2.75) is 6.54 Å². The Labute approximate surface area is 163 Å². The van der Waals surface area contributed by atoms with Crippen molar-refractivity contribution >= 4 is 38.8 Å². The molecule has 1 aliphatic heterocycles. The summed E-state index contributed by atoms with van der Waals surface area (Å²) in [6, 6.07) is 17.5. The fourth-order valence-corrected chi connectivity index (χ4v) is 4.82. The van der Waals surface area contributed by atoms with Gasteiger partial charge in [0, 0.05) is 6.54 Å². The average Bonchev–Trinajstić information content (AvgIpc) is 3.43. The molecule has 5 nitrogen and oxygen atoms in total. The zero-order valence-electron chi connectivity index (χ0n) is 14.1. The number of carbonyl (C=O) groups is 1. The van der Waals surface area contributed by atoms with Crippen LogP contribution in [0.2, 0.25) is 0 Å². The smallest absolute Gasteiger partial charge is 0.261 e. The highest BCUT2D eigenvalue weighted by atomic mass is 32.1. The summed E-state index contributed by atoms with van der Waals surface area (Å²) < 4.78 is 11.8. The van der Waals surface area contributed by atoms with E-state index in [1.807, 2.05) is 48.5 Å². The van der Waals surface area contributed by atoms with E-state index in [1.165, 1.54) is 11.3 Å². The van der Waals surface area contributed by atoms with Crippen LogP contribution in [0.3, 0.4) is 0 Å². The quantitative estimate of drug-likeness (QED) is 0.546. The topological polar surface area (TPSA) is 60.5 Å². The van der Waals surface area contributed by atoms with Crippen molar-refractivity contribution < 1.29 is 14.3 Å². The third-order valence-corrected chi connectivity index (χ3v) is 6.51. The van der Waals surface area contributed by atoms with Crippen LogP contribution >= 0.6 is 22.7 Å². The van der Waals surface area contributed by atoms with Crippen LogP contribution < -0.4 is 14.8 Å². The molecule has 134 valence electrons. The summed E-state index contributed by atoms with van der Waals surface area (Å²) in [5.41, 5.74) is 1.95. The largest absolute Gasteiger partial charge is 0.454 e. The third-order valence-electron chi connectivity index (χ3n) is 4.22. The van der Waals surface area contributed by atoms with Crippen molar-refractivity contribution in [3.63, 3.8) is 0 Å². The molecule has 0 saturated heterocycles. The summed E-state index contributed by atoms with van der Waals surface area (Å²) in [6.45, 7) is 0.679. The highest BCUT2D eigenvalue weighted by Crippen LogP contribution is 2.35. The Morgan fingerprint density at radius 3 is 2.85 bits per heavy atom. The number of thiazole rings is 1. The number of amides is 1. The van der Waals surface area contributed by atoms with Crippen molar-refractivity contribution in [1.82, 2.24) is 10.3 Å². The predicted octanol–water partition coefficient (Wildman–Crippen LogP) is 4.68. The number of nitrogens with zero attached hydrogens (tertiary/aromatic N) is 1. The monoisotopic (exact) mass is 394 g/mol. The Bertz CT molecular complexity index is 1120. The minimum absolute atomic E-state index is 0.0926. The molecule has 0 atom stereocenters. The summed E-state index contributed by atoms with van der Waals surface area (Å²) in [5, 5.41) is 3.90. The Morgan fingerprint density at radius 1 is 1.04 bits per heavy atom. The van der Waals surface area contributed by atoms with Crippen LogP contribution in [0.4, 0.5) is 0 Å². The van der Waals surface area contributed by atoms with Crippen molar-refractivity contribution in [3.8, 4) is 21.4 Å². The zero-order valence-corrected chi connectivity index (χ0v) is 15.7. The van der Waals surface area contributed by atoms with E-state index in [2.05, 4.69) is 16.4 Å². The second-order valence-electron chi connectivity index (χ2n) is 6.02. The lowest BCUT2D eigenvalue weighted by Crippen LogP contribution is -2.21. The molecule has 0 bridgehead atoms. The van der Waals surface area contributed by atoms with Crippen LogP contribution in [-0.4, -0.2) is 17.7 Å². The first-order chi connectivity index (χ1) is 13.3. The molecule has 1 aliphatic rings. The molecule has 1 N–H and O–H groups in total. The molecule has 4 aromatic rings. The predicted molar refractivity (Wildman–Crippen MR) is 107 cm³/mol. The van der Waals surface area contributed by atoms with Gasteiger partial charge in [-0.2, -0.15) is 0 Å². The molecule has 2 aromatic carbocycles. The van der Waals surface area contributed by atoms with Crippen LogP contribution in [0.15, 0.2) is 54.6 Å². The summed E-state index contributed by atoms with van der Waals surface area (Å²) in [5.74, 6) is 1.37. The summed E-state index contributed by atoms with van der Waals surface area (Å²) >= 11 is 3.09. The minimum atomic E-state index is -0.0926. The number of nitrogens with one attached hydrogen (secondary N) is 1. The molecule has 5 rings (SSSR count). The molecular formula is C20H14N2O3S2. The first-order valence-corrected chi connectivity index (χ1v) is 10.0. The second kappa shape index (κ2) is 6.68. The first-order valence-electron chi connectivity index (χ1n) is 8.39. The number of benzene rings is 2. The summed E-state index contributed by atoms with van der Waals surface area (Å²) in [4.78, 5) is 18.8. The van der Waals surface area contributed by atoms with Crippen molar-refractivity contribution in [1.29, 1.82) is 0 Å². The number of hydrogen-bond donors (Lipinski definition) is 1. The second-order valence-corrected chi connectivity index (χ2v) is 8.14. The Morgan fingerprint density at radius 2 is 1.93 bits per heavy atom. The Kier molecular flexibility index (Phi) is 4.03. The lowest BCUT2D eigenvalue weighted by molar-refractivity contribution is 0.0955. The summed E-state index contributed by atoms with van der Waals surface area (Å²) in [6.07, 6.45) is 0. The first kappa shape index (κ1) is 16.3. The molecule has 0 fully saturated rings. The van der Waals surface area contributed by atoms with Gasteiger partial charge in [0.1, 0.15) is 5.01 Å². The van der Waals surface area contributed by atoms with Crippen LogP contribution in [0.1, 0.15) is 15.2 Å². The van der Waals surface area contributed by atoms with Gasteiger partial charge in [-0.05, 0) is 42.0 Å². The van der Waals surface area contributed by atoms with Gasteiger partial charge in [0.15, 0.2) is 11.5 Å². The van der Waals surface area contributed by atoms with Crippen molar-refractivity contribution in [2.24, 2.45) is 0 Å². The molecule has 27 heavy (non-hydrogen) atoms. The van der Waals surface area contributed by atoms with E-state index in [0.717, 1.165) is 37.2 Å². The van der Waals surface area contributed by atoms with E-state index in [1.54, 1.807) is 11.3 Å². The fourth-order valence-electron chi connectivity index (χ4n) is 2.87. The van der Waals surface area contributed by atoms with Crippen molar-refractivity contribution in [3.05, 3.63) is 65.0 Å². The molecule has 1 amide bonds. The van der Waals surface area contributed by atoms with Crippen LogP contribution in [0.25, 0.3) is 20.1 Å². The highest BCUT2D eigenvalue weighted by molar-refractivity contribution is 7.26. The molecule has 2 aromatic heterocycles. The fraction of sp³-hybridized carbons (Fsp3) is 0.100. The molecule has 0 radical (unpaired) electrons.